The third-order valence-corrected chi connectivity index (χ3v) is 6.73. The Kier molecular flexibility index (Phi) is 5.46. The van der Waals surface area contributed by atoms with E-state index in [-0.39, 0.29) is 23.3 Å². The summed E-state index contributed by atoms with van der Waals surface area (Å²) < 4.78 is 56.3. The van der Waals surface area contributed by atoms with Gasteiger partial charge in [-0.2, -0.15) is 4.98 Å². The average molecular weight is 474 g/mol. The number of ether oxygens (including phenoxy) is 5. The Bertz CT molecular complexity index is 1310. The third kappa shape index (κ3) is 3.91. The van der Waals surface area contributed by atoms with Crippen molar-refractivity contribution in [3.63, 3.8) is 0 Å². The Morgan fingerprint density at radius 1 is 1.03 bits per heavy atom. The zero-order valence-electron chi connectivity index (χ0n) is 18.0. The van der Waals surface area contributed by atoms with Crippen molar-refractivity contribution in [2.45, 2.75) is 4.90 Å². The van der Waals surface area contributed by atoms with Gasteiger partial charge >= 0.3 is 0 Å². The molecule has 2 aliphatic rings. The van der Waals surface area contributed by atoms with Crippen molar-refractivity contribution >= 4 is 32.7 Å². The van der Waals surface area contributed by atoms with E-state index < -0.39 is 10.0 Å². The predicted molar refractivity (Wildman–Crippen MR) is 119 cm³/mol. The second-order valence-electron chi connectivity index (χ2n) is 7.29. The van der Waals surface area contributed by atoms with Crippen LogP contribution in [0.25, 0.3) is 10.9 Å². The molecule has 0 radical (unpaired) electrons. The first-order chi connectivity index (χ1) is 16.0. The van der Waals surface area contributed by atoms with Crippen LogP contribution in [-0.4, -0.2) is 65.7 Å². The van der Waals surface area contributed by atoms with E-state index in [0.717, 1.165) is 0 Å². The first-order valence-electron chi connectivity index (χ1n) is 10.2. The van der Waals surface area contributed by atoms with E-state index in [4.69, 9.17) is 23.7 Å². The normalized spacial score (nSPS) is 15.5. The molecule has 3 heterocycles. The van der Waals surface area contributed by atoms with Crippen LogP contribution >= 0.6 is 0 Å². The van der Waals surface area contributed by atoms with Gasteiger partial charge in [0.2, 0.25) is 12.7 Å². The van der Waals surface area contributed by atoms with Crippen LogP contribution in [0.2, 0.25) is 0 Å². The van der Waals surface area contributed by atoms with Crippen LogP contribution < -0.4 is 28.6 Å². The highest BCUT2D eigenvalue weighted by atomic mass is 32.2. The second-order valence-corrected chi connectivity index (χ2v) is 8.94. The Morgan fingerprint density at radius 3 is 2.55 bits per heavy atom. The van der Waals surface area contributed by atoms with Crippen molar-refractivity contribution in [2.24, 2.45) is 0 Å². The van der Waals surface area contributed by atoms with E-state index in [9.17, 15) is 8.42 Å². The van der Waals surface area contributed by atoms with Crippen LogP contribution in [-0.2, 0) is 14.8 Å². The molecule has 1 aromatic heterocycles. The highest BCUT2D eigenvalue weighted by Gasteiger charge is 2.28. The van der Waals surface area contributed by atoms with Gasteiger partial charge in [0, 0.05) is 24.5 Å². The van der Waals surface area contributed by atoms with Crippen molar-refractivity contribution in [3.05, 3.63) is 30.3 Å². The van der Waals surface area contributed by atoms with Gasteiger partial charge in [0.05, 0.1) is 33.0 Å². The highest BCUT2D eigenvalue weighted by molar-refractivity contribution is 7.92. The summed E-state index contributed by atoms with van der Waals surface area (Å²) in [5.74, 6) is 1.91. The number of morpholine rings is 1. The maximum absolute atomic E-state index is 13.4. The Morgan fingerprint density at radius 2 is 1.79 bits per heavy atom. The third-order valence-electron chi connectivity index (χ3n) is 5.36. The van der Waals surface area contributed by atoms with E-state index in [1.807, 2.05) is 4.90 Å². The standard InChI is InChI=1S/C21H22N4O7S/c1-28-16-10-13-14(11-17(16)29-2)22-21(25-6-8-30-9-7-25)23-20(13)24-33(26,27)18-5-3-4-15-19(18)32-12-31-15/h3-5,10-11H,6-9,12H2,1-2H3,(H,22,23,24). The van der Waals surface area contributed by atoms with Crippen molar-refractivity contribution in [2.75, 3.05) is 56.9 Å². The van der Waals surface area contributed by atoms with Crippen molar-refractivity contribution in [1.29, 1.82) is 0 Å². The molecule has 0 aliphatic carbocycles. The van der Waals surface area contributed by atoms with Crippen LogP contribution in [0.1, 0.15) is 0 Å². The number of nitrogens with one attached hydrogen (secondary N) is 1. The van der Waals surface area contributed by atoms with Gasteiger partial charge in [-0.25, -0.2) is 13.4 Å². The molecule has 0 spiro atoms. The number of benzene rings is 2. The fourth-order valence-corrected chi connectivity index (χ4v) is 4.90. The lowest BCUT2D eigenvalue weighted by molar-refractivity contribution is 0.122. The van der Waals surface area contributed by atoms with Crippen LogP contribution in [0.15, 0.2) is 35.2 Å². The van der Waals surface area contributed by atoms with E-state index >= 15 is 0 Å². The van der Waals surface area contributed by atoms with Crippen molar-refractivity contribution in [1.82, 2.24) is 9.97 Å². The van der Waals surface area contributed by atoms with Gasteiger partial charge in [-0.05, 0) is 18.2 Å². The van der Waals surface area contributed by atoms with Crippen LogP contribution in [0.3, 0.4) is 0 Å². The summed E-state index contributed by atoms with van der Waals surface area (Å²) in [6.07, 6.45) is 0. The molecule has 11 nitrogen and oxygen atoms in total. The number of hydrogen-bond acceptors (Lipinski definition) is 10. The lowest BCUT2D eigenvalue weighted by atomic mass is 10.2. The summed E-state index contributed by atoms with van der Waals surface area (Å²) in [6.45, 7) is 2.19. The summed E-state index contributed by atoms with van der Waals surface area (Å²) >= 11 is 0. The fraction of sp³-hybridized carbons (Fsp3) is 0.333. The number of para-hydroxylation sites is 1. The number of rotatable bonds is 6. The topological polar surface area (TPSA) is 121 Å². The van der Waals surface area contributed by atoms with Crippen molar-refractivity contribution < 1.29 is 32.1 Å². The predicted octanol–water partition coefficient (Wildman–Crippen LogP) is 2.01. The first-order valence-corrected chi connectivity index (χ1v) is 11.7. The monoisotopic (exact) mass is 474 g/mol. The van der Waals surface area contributed by atoms with E-state index in [0.29, 0.717) is 60.4 Å². The number of anilines is 2. The summed E-state index contributed by atoms with van der Waals surface area (Å²) in [7, 11) is -1.05. The highest BCUT2D eigenvalue weighted by Crippen LogP contribution is 2.40. The van der Waals surface area contributed by atoms with Crippen LogP contribution in [0.4, 0.5) is 11.8 Å². The lowest BCUT2D eigenvalue weighted by Gasteiger charge is -2.27. The minimum Gasteiger partial charge on any atom is -0.493 e. The van der Waals surface area contributed by atoms with E-state index in [1.54, 1.807) is 24.3 Å². The van der Waals surface area contributed by atoms with Gasteiger partial charge < -0.3 is 28.6 Å². The molecule has 1 saturated heterocycles. The van der Waals surface area contributed by atoms with Gasteiger partial charge in [-0.1, -0.05) is 6.07 Å². The molecule has 5 rings (SSSR count). The van der Waals surface area contributed by atoms with Gasteiger partial charge in [-0.15, -0.1) is 0 Å². The number of nitrogens with zero attached hydrogens (tertiary/aromatic N) is 3. The molecule has 0 unspecified atom stereocenters. The Balaban J connectivity index is 1.64. The molecule has 1 fully saturated rings. The molecule has 0 atom stereocenters. The summed E-state index contributed by atoms with van der Waals surface area (Å²) in [5.41, 5.74) is 0.500. The molecular formula is C21H22N4O7S. The number of fused-ring (bicyclic) bond motifs is 2. The van der Waals surface area contributed by atoms with E-state index in [2.05, 4.69) is 14.7 Å². The maximum Gasteiger partial charge on any atom is 0.266 e. The zero-order valence-corrected chi connectivity index (χ0v) is 18.8. The lowest BCUT2D eigenvalue weighted by Crippen LogP contribution is -2.37. The summed E-state index contributed by atoms with van der Waals surface area (Å²) in [4.78, 5) is 11.1. The first kappa shape index (κ1) is 21.3. The minimum absolute atomic E-state index is 0.0438. The molecule has 12 heteroatoms. The minimum atomic E-state index is -4.07. The zero-order chi connectivity index (χ0) is 23.0. The Labute approximate surface area is 190 Å². The second kappa shape index (κ2) is 8.45. The molecular weight excluding hydrogens is 452 g/mol. The number of sulfonamides is 1. The Hall–Kier alpha value is -3.51. The van der Waals surface area contributed by atoms with Crippen LogP contribution in [0, 0.1) is 0 Å². The molecule has 174 valence electrons. The average Bonchev–Trinajstić information content (AvgIpc) is 3.32. The largest absolute Gasteiger partial charge is 0.493 e. The molecule has 2 aromatic carbocycles. The molecule has 3 aromatic rings. The van der Waals surface area contributed by atoms with Crippen LogP contribution in [0.5, 0.6) is 23.0 Å². The van der Waals surface area contributed by atoms with Crippen molar-refractivity contribution in [3.8, 4) is 23.0 Å². The molecule has 0 bridgehead atoms. The molecule has 0 amide bonds. The fourth-order valence-electron chi connectivity index (χ4n) is 3.72. The number of aromatic nitrogens is 2. The maximum atomic E-state index is 13.4. The quantitative estimate of drug-likeness (QED) is 0.568. The van der Waals surface area contributed by atoms with Gasteiger partial charge in [0.1, 0.15) is 4.90 Å². The number of methoxy groups -OCH3 is 2. The van der Waals surface area contributed by atoms with Gasteiger partial charge in [0.15, 0.2) is 28.8 Å². The van der Waals surface area contributed by atoms with Gasteiger partial charge in [0.25, 0.3) is 10.0 Å². The molecule has 33 heavy (non-hydrogen) atoms. The summed E-state index contributed by atoms with van der Waals surface area (Å²) in [5, 5.41) is 0.456. The van der Waals surface area contributed by atoms with Gasteiger partial charge in [-0.3, -0.25) is 4.72 Å². The number of hydrogen-bond donors (Lipinski definition) is 1. The molecule has 0 saturated carbocycles. The SMILES string of the molecule is COc1cc2nc(N3CCOCC3)nc(NS(=O)(=O)c3cccc4c3OCO4)c2cc1OC. The summed E-state index contributed by atoms with van der Waals surface area (Å²) in [6, 6.07) is 8.02. The molecule has 2 aliphatic heterocycles. The molecule has 1 N–H and O–H groups in total. The van der Waals surface area contributed by atoms with E-state index in [1.165, 1.54) is 20.3 Å². The smallest absolute Gasteiger partial charge is 0.266 e.